The minimum absolute atomic E-state index is 0.0613. The number of aliphatic hydroxyl groups is 1. The van der Waals surface area contributed by atoms with Crippen LogP contribution >= 0.6 is 0 Å². The number of nitrogens with one attached hydrogen (secondary N) is 1. The highest BCUT2D eigenvalue weighted by molar-refractivity contribution is 7.89. The van der Waals surface area contributed by atoms with E-state index in [1.165, 1.54) is 12.1 Å². The molecule has 1 saturated carbocycles. The number of halogens is 1. The van der Waals surface area contributed by atoms with Gasteiger partial charge in [-0.1, -0.05) is 18.9 Å². The van der Waals surface area contributed by atoms with E-state index < -0.39 is 21.9 Å². The summed E-state index contributed by atoms with van der Waals surface area (Å²) in [5, 5.41) is 9.82. The van der Waals surface area contributed by atoms with Gasteiger partial charge in [0.05, 0.1) is 11.0 Å². The maximum Gasteiger partial charge on any atom is 0.240 e. The Bertz CT molecular complexity index is 574. The van der Waals surface area contributed by atoms with Crippen LogP contribution in [0.15, 0.2) is 23.1 Å². The van der Waals surface area contributed by atoms with Crippen LogP contribution in [0.5, 0.6) is 0 Å². The van der Waals surface area contributed by atoms with Crippen LogP contribution in [-0.4, -0.2) is 26.2 Å². The lowest BCUT2D eigenvalue weighted by Gasteiger charge is -2.27. The summed E-state index contributed by atoms with van der Waals surface area (Å²) in [4.78, 5) is -0.0779. The predicted molar refractivity (Wildman–Crippen MR) is 74.3 cm³/mol. The number of hydrogen-bond donors (Lipinski definition) is 2. The zero-order valence-corrected chi connectivity index (χ0v) is 12.3. The second-order valence-corrected chi connectivity index (χ2v) is 7.14. The van der Waals surface area contributed by atoms with Crippen LogP contribution in [0.2, 0.25) is 0 Å². The normalized spacial score (nSPS) is 23.8. The lowest BCUT2D eigenvalue weighted by molar-refractivity contribution is 0.0724. The van der Waals surface area contributed by atoms with Crippen molar-refractivity contribution >= 4 is 10.0 Å². The van der Waals surface area contributed by atoms with Crippen LogP contribution in [0.3, 0.4) is 0 Å². The van der Waals surface area contributed by atoms with Crippen molar-refractivity contribution in [2.75, 3.05) is 6.54 Å². The van der Waals surface area contributed by atoms with E-state index in [1.54, 1.807) is 6.92 Å². The van der Waals surface area contributed by atoms with Gasteiger partial charge in [0.25, 0.3) is 0 Å². The molecule has 1 aromatic carbocycles. The zero-order chi connectivity index (χ0) is 14.8. The Hall–Kier alpha value is -0.980. The third kappa shape index (κ3) is 3.56. The highest BCUT2D eigenvalue weighted by atomic mass is 32.2. The third-order valence-corrected chi connectivity index (χ3v) is 5.28. The molecule has 0 amide bonds. The summed E-state index contributed by atoms with van der Waals surface area (Å²) in [5.41, 5.74) is 0.409. The Balaban J connectivity index is 2.05. The van der Waals surface area contributed by atoms with Gasteiger partial charge in [-0.15, -0.1) is 0 Å². The van der Waals surface area contributed by atoms with Crippen molar-refractivity contribution in [3.05, 3.63) is 29.6 Å². The lowest BCUT2D eigenvalue weighted by atomic mass is 9.87. The van der Waals surface area contributed by atoms with Gasteiger partial charge in [0, 0.05) is 6.54 Å². The van der Waals surface area contributed by atoms with Crippen molar-refractivity contribution in [3.8, 4) is 0 Å². The number of aliphatic hydroxyl groups excluding tert-OH is 1. The van der Waals surface area contributed by atoms with Gasteiger partial charge in [-0.2, -0.15) is 0 Å². The lowest BCUT2D eigenvalue weighted by Crippen LogP contribution is -2.36. The fourth-order valence-corrected chi connectivity index (χ4v) is 3.57. The maximum atomic E-state index is 13.4. The third-order valence-electron chi connectivity index (χ3n) is 3.86. The first-order valence-electron chi connectivity index (χ1n) is 6.84. The average molecular weight is 301 g/mol. The Labute approximate surface area is 119 Å². The molecule has 0 aliphatic heterocycles. The summed E-state index contributed by atoms with van der Waals surface area (Å²) in [6, 6.07) is 3.85. The molecule has 0 bridgehead atoms. The monoisotopic (exact) mass is 301 g/mol. The molecule has 0 aromatic heterocycles. The van der Waals surface area contributed by atoms with Crippen molar-refractivity contribution in [2.24, 2.45) is 5.92 Å². The molecule has 0 radical (unpaired) electrons. The van der Waals surface area contributed by atoms with Crippen molar-refractivity contribution in [2.45, 2.75) is 43.6 Å². The van der Waals surface area contributed by atoms with E-state index >= 15 is 0 Å². The molecule has 0 saturated heterocycles. The first-order chi connectivity index (χ1) is 9.40. The fourth-order valence-electron chi connectivity index (χ4n) is 2.47. The molecule has 112 valence electrons. The van der Waals surface area contributed by atoms with Gasteiger partial charge in [-0.05, 0) is 43.4 Å². The van der Waals surface area contributed by atoms with Crippen molar-refractivity contribution in [1.82, 2.24) is 4.72 Å². The minimum atomic E-state index is -3.72. The van der Waals surface area contributed by atoms with Gasteiger partial charge in [-0.3, -0.25) is 0 Å². The largest absolute Gasteiger partial charge is 0.393 e. The Kier molecular flexibility index (Phi) is 4.78. The van der Waals surface area contributed by atoms with E-state index in [1.807, 2.05) is 0 Å². The molecular formula is C14H20FNO3S. The molecule has 1 aromatic rings. The van der Waals surface area contributed by atoms with Crippen molar-refractivity contribution in [1.29, 1.82) is 0 Å². The quantitative estimate of drug-likeness (QED) is 0.893. The summed E-state index contributed by atoms with van der Waals surface area (Å²) >= 11 is 0. The molecule has 1 aliphatic rings. The van der Waals surface area contributed by atoms with E-state index in [9.17, 15) is 17.9 Å². The van der Waals surface area contributed by atoms with Gasteiger partial charge in [0.1, 0.15) is 5.82 Å². The van der Waals surface area contributed by atoms with E-state index in [-0.39, 0.29) is 17.4 Å². The number of rotatable bonds is 4. The van der Waals surface area contributed by atoms with E-state index in [2.05, 4.69) is 4.72 Å². The van der Waals surface area contributed by atoms with Crippen LogP contribution in [0.25, 0.3) is 0 Å². The molecule has 0 spiro atoms. The SMILES string of the molecule is Cc1ccc(S(=O)(=O)NCC2CCCCC2O)cc1F. The molecule has 6 heteroatoms. The number of aryl methyl sites for hydroxylation is 1. The number of sulfonamides is 1. The van der Waals surface area contributed by atoms with E-state index in [0.717, 1.165) is 25.3 Å². The predicted octanol–water partition coefficient (Wildman–Crippen LogP) is 1.96. The topological polar surface area (TPSA) is 66.4 Å². The molecule has 2 rings (SSSR count). The summed E-state index contributed by atoms with van der Waals surface area (Å²) < 4.78 is 40.1. The second-order valence-electron chi connectivity index (χ2n) is 5.37. The van der Waals surface area contributed by atoms with E-state index in [0.29, 0.717) is 12.0 Å². The van der Waals surface area contributed by atoms with Crippen LogP contribution < -0.4 is 4.72 Å². The maximum absolute atomic E-state index is 13.4. The zero-order valence-electron chi connectivity index (χ0n) is 11.5. The number of hydrogen-bond acceptors (Lipinski definition) is 3. The summed E-state index contributed by atoms with van der Waals surface area (Å²) in [6.45, 7) is 1.77. The Morgan fingerprint density at radius 1 is 1.35 bits per heavy atom. The highest BCUT2D eigenvalue weighted by Gasteiger charge is 2.25. The molecule has 4 nitrogen and oxygen atoms in total. The molecule has 2 N–H and O–H groups in total. The standard InChI is InChI=1S/C14H20FNO3S/c1-10-6-7-12(8-13(10)15)20(18,19)16-9-11-4-2-3-5-14(11)17/h6-8,11,14,16-17H,2-5,9H2,1H3. The van der Waals surface area contributed by atoms with Gasteiger partial charge in [-0.25, -0.2) is 17.5 Å². The van der Waals surface area contributed by atoms with Gasteiger partial charge < -0.3 is 5.11 Å². The molecule has 1 aliphatic carbocycles. The molecule has 1 fully saturated rings. The smallest absolute Gasteiger partial charge is 0.240 e. The highest BCUT2D eigenvalue weighted by Crippen LogP contribution is 2.24. The first-order valence-corrected chi connectivity index (χ1v) is 8.32. The summed E-state index contributed by atoms with van der Waals surface area (Å²) in [5.74, 6) is -0.598. The molecule has 0 heterocycles. The summed E-state index contributed by atoms with van der Waals surface area (Å²) in [6.07, 6.45) is 3.05. The van der Waals surface area contributed by atoms with Crippen molar-refractivity contribution < 1.29 is 17.9 Å². The fraction of sp³-hybridized carbons (Fsp3) is 0.571. The molecule has 2 unspecified atom stereocenters. The van der Waals surface area contributed by atoms with Crippen molar-refractivity contribution in [3.63, 3.8) is 0 Å². The van der Waals surface area contributed by atoms with Crippen LogP contribution in [-0.2, 0) is 10.0 Å². The van der Waals surface area contributed by atoms with Gasteiger partial charge in [0.15, 0.2) is 0 Å². The van der Waals surface area contributed by atoms with E-state index in [4.69, 9.17) is 0 Å². The van der Waals surface area contributed by atoms with Crippen LogP contribution in [0.4, 0.5) is 4.39 Å². The Morgan fingerprint density at radius 2 is 2.05 bits per heavy atom. The van der Waals surface area contributed by atoms with Crippen LogP contribution in [0.1, 0.15) is 31.2 Å². The number of benzene rings is 1. The van der Waals surface area contributed by atoms with Crippen LogP contribution in [0, 0.1) is 18.7 Å². The Morgan fingerprint density at radius 3 is 2.70 bits per heavy atom. The first kappa shape index (κ1) is 15.4. The van der Waals surface area contributed by atoms with Gasteiger partial charge in [0.2, 0.25) is 10.0 Å². The summed E-state index contributed by atoms with van der Waals surface area (Å²) in [7, 11) is -3.72. The molecular weight excluding hydrogens is 281 g/mol. The molecule has 2 atom stereocenters. The average Bonchev–Trinajstić information content (AvgIpc) is 2.41. The second kappa shape index (κ2) is 6.20. The van der Waals surface area contributed by atoms with Gasteiger partial charge >= 0.3 is 0 Å². The molecule has 20 heavy (non-hydrogen) atoms. The minimum Gasteiger partial charge on any atom is -0.393 e.